The number of fused-ring (bicyclic) bond motifs is 2. The first-order chi connectivity index (χ1) is 7.92. The van der Waals surface area contributed by atoms with Crippen LogP contribution < -0.4 is 5.32 Å². The molecular formula is C15H17N. The van der Waals surface area contributed by atoms with Crippen LogP contribution >= 0.6 is 0 Å². The van der Waals surface area contributed by atoms with Gasteiger partial charge in [0.2, 0.25) is 0 Å². The maximum absolute atomic E-state index is 3.88. The van der Waals surface area contributed by atoms with Crippen LogP contribution in [0.15, 0.2) is 59.3 Å². The Labute approximate surface area is 96.9 Å². The fourth-order valence-corrected chi connectivity index (χ4v) is 3.04. The summed E-state index contributed by atoms with van der Waals surface area (Å²) in [5.74, 6) is 0.544. The van der Waals surface area contributed by atoms with Crippen molar-refractivity contribution >= 4 is 0 Å². The molecule has 1 heterocycles. The van der Waals surface area contributed by atoms with Crippen molar-refractivity contribution in [2.45, 2.75) is 12.8 Å². The Bertz CT molecular complexity index is 446. The van der Waals surface area contributed by atoms with E-state index in [4.69, 9.17) is 0 Å². The van der Waals surface area contributed by atoms with Crippen molar-refractivity contribution in [1.82, 2.24) is 5.32 Å². The predicted molar refractivity (Wildman–Crippen MR) is 68.1 cm³/mol. The van der Waals surface area contributed by atoms with Gasteiger partial charge in [0.15, 0.2) is 0 Å². The highest BCUT2D eigenvalue weighted by Crippen LogP contribution is 2.43. The van der Waals surface area contributed by atoms with Gasteiger partial charge in [0.25, 0.3) is 0 Å². The van der Waals surface area contributed by atoms with Crippen molar-refractivity contribution in [2.24, 2.45) is 5.92 Å². The molecule has 0 amide bonds. The molecule has 82 valence electrons. The first-order valence-electron chi connectivity index (χ1n) is 6.03. The van der Waals surface area contributed by atoms with Gasteiger partial charge in [0.05, 0.1) is 0 Å². The molecule has 0 radical (unpaired) electrons. The molecule has 1 nitrogen and oxygen atoms in total. The highest BCUT2D eigenvalue weighted by molar-refractivity contribution is 5.59. The Morgan fingerprint density at radius 2 is 2.38 bits per heavy atom. The summed E-state index contributed by atoms with van der Waals surface area (Å²) in [5.41, 5.74) is 6.25. The molecule has 0 aromatic rings. The Balaban J connectivity index is 2.08. The van der Waals surface area contributed by atoms with E-state index in [0.717, 1.165) is 19.5 Å². The van der Waals surface area contributed by atoms with Crippen LogP contribution in [0.1, 0.15) is 12.8 Å². The van der Waals surface area contributed by atoms with Crippen LogP contribution in [-0.4, -0.2) is 13.1 Å². The SMILES string of the molecule is C=CCC1=C2C=CC=CC2C2=C1CCNC2. The minimum absolute atomic E-state index is 0.544. The molecule has 2 aliphatic carbocycles. The zero-order chi connectivity index (χ0) is 11.0. The van der Waals surface area contributed by atoms with Crippen molar-refractivity contribution < 1.29 is 0 Å². The average molecular weight is 211 g/mol. The topological polar surface area (TPSA) is 12.0 Å². The third kappa shape index (κ3) is 1.35. The van der Waals surface area contributed by atoms with Crippen molar-refractivity contribution in [2.75, 3.05) is 13.1 Å². The van der Waals surface area contributed by atoms with Crippen molar-refractivity contribution in [3.63, 3.8) is 0 Å². The average Bonchev–Trinajstić information content (AvgIpc) is 2.66. The Morgan fingerprint density at radius 3 is 3.25 bits per heavy atom. The van der Waals surface area contributed by atoms with E-state index in [0.29, 0.717) is 5.92 Å². The minimum atomic E-state index is 0.544. The lowest BCUT2D eigenvalue weighted by molar-refractivity contribution is 0.659. The van der Waals surface area contributed by atoms with E-state index in [1.54, 1.807) is 11.1 Å². The van der Waals surface area contributed by atoms with E-state index in [2.05, 4.69) is 36.2 Å². The largest absolute Gasteiger partial charge is 0.313 e. The summed E-state index contributed by atoms with van der Waals surface area (Å²) in [6.45, 7) is 6.06. The third-order valence-electron chi connectivity index (χ3n) is 3.72. The number of nitrogens with one attached hydrogen (secondary N) is 1. The Kier molecular flexibility index (Phi) is 2.41. The lowest BCUT2D eigenvalue weighted by Crippen LogP contribution is -2.26. The maximum atomic E-state index is 3.88. The summed E-state index contributed by atoms with van der Waals surface area (Å²) in [4.78, 5) is 0. The molecule has 16 heavy (non-hydrogen) atoms. The van der Waals surface area contributed by atoms with Gasteiger partial charge in [-0.1, -0.05) is 30.4 Å². The number of allylic oxidation sites excluding steroid dienone is 7. The van der Waals surface area contributed by atoms with Gasteiger partial charge >= 0.3 is 0 Å². The van der Waals surface area contributed by atoms with Crippen LogP contribution in [-0.2, 0) is 0 Å². The lowest BCUT2D eigenvalue weighted by Gasteiger charge is -2.20. The molecule has 1 unspecified atom stereocenters. The van der Waals surface area contributed by atoms with Gasteiger partial charge in [-0.2, -0.15) is 0 Å². The highest BCUT2D eigenvalue weighted by atomic mass is 14.9. The monoisotopic (exact) mass is 211 g/mol. The molecular weight excluding hydrogens is 194 g/mol. The number of rotatable bonds is 2. The zero-order valence-corrected chi connectivity index (χ0v) is 9.50. The molecule has 0 spiro atoms. The molecule has 1 atom stereocenters. The molecule has 0 aromatic heterocycles. The maximum Gasteiger partial charge on any atom is 0.0252 e. The van der Waals surface area contributed by atoms with Crippen LogP contribution in [0.25, 0.3) is 0 Å². The molecule has 3 aliphatic rings. The minimum Gasteiger partial charge on any atom is -0.313 e. The molecule has 0 bridgehead atoms. The summed E-state index contributed by atoms with van der Waals surface area (Å²) in [6.07, 6.45) is 13.2. The van der Waals surface area contributed by atoms with Crippen LogP contribution in [0.5, 0.6) is 0 Å². The molecule has 0 fully saturated rings. The van der Waals surface area contributed by atoms with Gasteiger partial charge in [-0.25, -0.2) is 0 Å². The summed E-state index contributed by atoms with van der Waals surface area (Å²) >= 11 is 0. The molecule has 0 saturated heterocycles. The van der Waals surface area contributed by atoms with Crippen LogP contribution in [0.3, 0.4) is 0 Å². The fourth-order valence-electron chi connectivity index (χ4n) is 3.04. The number of hydrogen-bond donors (Lipinski definition) is 1. The predicted octanol–water partition coefficient (Wildman–Crippen LogP) is 2.90. The summed E-state index contributed by atoms with van der Waals surface area (Å²) < 4.78 is 0. The Hall–Kier alpha value is -1.34. The van der Waals surface area contributed by atoms with E-state index in [-0.39, 0.29) is 0 Å². The van der Waals surface area contributed by atoms with Gasteiger partial charge in [-0.15, -0.1) is 6.58 Å². The molecule has 1 N–H and O–H groups in total. The number of hydrogen-bond acceptors (Lipinski definition) is 1. The fraction of sp³-hybridized carbons (Fsp3) is 0.333. The summed E-state index contributed by atoms with van der Waals surface area (Å²) in [6, 6.07) is 0. The zero-order valence-electron chi connectivity index (χ0n) is 9.50. The van der Waals surface area contributed by atoms with E-state index < -0.39 is 0 Å². The van der Waals surface area contributed by atoms with E-state index >= 15 is 0 Å². The summed E-state index contributed by atoms with van der Waals surface area (Å²) in [7, 11) is 0. The van der Waals surface area contributed by atoms with Gasteiger partial charge in [-0.3, -0.25) is 0 Å². The Morgan fingerprint density at radius 1 is 1.44 bits per heavy atom. The van der Waals surface area contributed by atoms with Gasteiger partial charge < -0.3 is 5.32 Å². The summed E-state index contributed by atoms with van der Waals surface area (Å²) in [5, 5.41) is 3.48. The van der Waals surface area contributed by atoms with E-state index in [1.165, 1.54) is 17.6 Å². The second-order valence-electron chi connectivity index (χ2n) is 4.58. The van der Waals surface area contributed by atoms with Gasteiger partial charge in [-0.05, 0) is 41.7 Å². The first-order valence-corrected chi connectivity index (χ1v) is 6.03. The van der Waals surface area contributed by atoms with Crippen LogP contribution in [0.4, 0.5) is 0 Å². The normalized spacial score (nSPS) is 27.1. The molecule has 3 rings (SSSR count). The second-order valence-corrected chi connectivity index (χ2v) is 4.58. The molecule has 1 heteroatoms. The van der Waals surface area contributed by atoms with Crippen LogP contribution in [0.2, 0.25) is 0 Å². The lowest BCUT2D eigenvalue weighted by atomic mass is 9.90. The van der Waals surface area contributed by atoms with Crippen LogP contribution in [0, 0.1) is 5.92 Å². The van der Waals surface area contributed by atoms with Gasteiger partial charge in [0, 0.05) is 12.5 Å². The van der Waals surface area contributed by atoms with E-state index in [1.807, 2.05) is 6.08 Å². The molecule has 1 aliphatic heterocycles. The van der Waals surface area contributed by atoms with Crippen molar-refractivity contribution in [3.05, 3.63) is 59.3 Å². The highest BCUT2D eigenvalue weighted by Gasteiger charge is 2.31. The third-order valence-corrected chi connectivity index (χ3v) is 3.72. The van der Waals surface area contributed by atoms with Gasteiger partial charge in [0.1, 0.15) is 0 Å². The van der Waals surface area contributed by atoms with Crippen molar-refractivity contribution in [1.29, 1.82) is 0 Å². The standard InChI is InChI=1S/C15H17N/c1-2-5-11-12-6-3-4-7-13(12)15-10-16-9-8-14(11)15/h2-4,6-7,13,16H,1,5,8-10H2. The molecule has 0 aromatic carbocycles. The molecule has 0 saturated carbocycles. The van der Waals surface area contributed by atoms with Crippen molar-refractivity contribution in [3.8, 4) is 0 Å². The quantitative estimate of drug-likeness (QED) is 0.692. The smallest absolute Gasteiger partial charge is 0.0252 e. The van der Waals surface area contributed by atoms with E-state index in [9.17, 15) is 0 Å². The second kappa shape index (κ2) is 3.91. The first kappa shape index (κ1) is 9.86.